The predicted octanol–water partition coefficient (Wildman–Crippen LogP) is 1.73. The van der Waals surface area contributed by atoms with E-state index >= 15 is 0 Å². The molecule has 0 radical (unpaired) electrons. The maximum Gasteiger partial charge on any atom is 0.230 e. The number of rotatable bonds is 2. The first-order chi connectivity index (χ1) is 6.77. The van der Waals surface area contributed by atoms with Crippen LogP contribution < -0.4 is 0 Å². The number of aliphatic hydroxyl groups is 1. The summed E-state index contributed by atoms with van der Waals surface area (Å²) in [6.45, 7) is 1.64. The van der Waals surface area contributed by atoms with E-state index in [0.717, 1.165) is 12.2 Å². The Bertz CT molecular complexity index is 295. The summed E-state index contributed by atoms with van der Waals surface area (Å²) in [6, 6.07) is 0. The number of aromatic nitrogens is 2. The number of nitrogens with zero attached hydrogens (tertiary/aromatic N) is 2. The average molecular weight is 214 g/mol. The fourth-order valence-corrected chi connectivity index (χ4v) is 2.65. The van der Waals surface area contributed by atoms with Gasteiger partial charge in [-0.15, -0.1) is 0 Å². The van der Waals surface area contributed by atoms with Crippen molar-refractivity contribution in [1.29, 1.82) is 0 Å². The number of hydrogen-bond donors (Lipinski definition) is 1. The minimum atomic E-state index is -0.635. The SMILES string of the molecule is CC(O)c1noc(C2CCCSC2)n1. The molecule has 5 heteroatoms. The normalized spacial score (nSPS) is 24.9. The highest BCUT2D eigenvalue weighted by Crippen LogP contribution is 2.30. The molecule has 0 aliphatic carbocycles. The second-order valence-corrected chi connectivity index (χ2v) is 4.73. The predicted molar refractivity (Wildman–Crippen MR) is 54.2 cm³/mol. The van der Waals surface area contributed by atoms with E-state index < -0.39 is 6.10 Å². The fourth-order valence-electron chi connectivity index (χ4n) is 1.52. The fraction of sp³-hybridized carbons (Fsp3) is 0.778. The number of hydrogen-bond acceptors (Lipinski definition) is 5. The minimum Gasteiger partial charge on any atom is -0.385 e. The van der Waals surface area contributed by atoms with E-state index in [4.69, 9.17) is 4.52 Å². The topological polar surface area (TPSA) is 59.2 Å². The van der Waals surface area contributed by atoms with Crippen LogP contribution in [-0.4, -0.2) is 26.8 Å². The summed E-state index contributed by atoms with van der Waals surface area (Å²) in [6.07, 6.45) is 1.69. The Morgan fingerprint density at radius 3 is 3.07 bits per heavy atom. The molecule has 2 atom stereocenters. The summed E-state index contributed by atoms with van der Waals surface area (Å²) in [4.78, 5) is 4.19. The van der Waals surface area contributed by atoms with Crippen LogP contribution in [0.4, 0.5) is 0 Å². The monoisotopic (exact) mass is 214 g/mol. The molecular weight excluding hydrogens is 200 g/mol. The smallest absolute Gasteiger partial charge is 0.230 e. The van der Waals surface area contributed by atoms with E-state index in [1.807, 2.05) is 11.8 Å². The highest BCUT2D eigenvalue weighted by atomic mass is 32.2. The minimum absolute atomic E-state index is 0.383. The lowest BCUT2D eigenvalue weighted by atomic mass is 10.1. The Morgan fingerprint density at radius 1 is 1.64 bits per heavy atom. The third kappa shape index (κ3) is 2.09. The lowest BCUT2D eigenvalue weighted by molar-refractivity contribution is 0.184. The molecule has 0 bridgehead atoms. The largest absolute Gasteiger partial charge is 0.385 e. The van der Waals surface area contributed by atoms with Crippen molar-refractivity contribution in [3.8, 4) is 0 Å². The molecule has 0 amide bonds. The molecule has 2 heterocycles. The van der Waals surface area contributed by atoms with Gasteiger partial charge in [-0.3, -0.25) is 0 Å². The average Bonchev–Trinajstić information content (AvgIpc) is 2.68. The van der Waals surface area contributed by atoms with Crippen LogP contribution in [0.1, 0.15) is 43.5 Å². The molecule has 1 N–H and O–H groups in total. The van der Waals surface area contributed by atoms with Crippen molar-refractivity contribution in [2.45, 2.75) is 31.8 Å². The molecule has 0 saturated carbocycles. The van der Waals surface area contributed by atoms with Crippen LogP contribution in [0, 0.1) is 0 Å². The third-order valence-corrected chi connectivity index (χ3v) is 3.56. The first-order valence-corrected chi connectivity index (χ1v) is 6.02. The van der Waals surface area contributed by atoms with Crippen molar-refractivity contribution in [2.75, 3.05) is 11.5 Å². The molecule has 14 heavy (non-hydrogen) atoms. The molecule has 1 aliphatic rings. The number of thioether (sulfide) groups is 1. The lowest BCUT2D eigenvalue weighted by Crippen LogP contribution is -2.09. The van der Waals surface area contributed by atoms with Gasteiger partial charge < -0.3 is 9.63 Å². The Morgan fingerprint density at radius 2 is 2.50 bits per heavy atom. The van der Waals surface area contributed by atoms with Crippen LogP contribution in [0.2, 0.25) is 0 Å². The van der Waals surface area contributed by atoms with Gasteiger partial charge in [0.2, 0.25) is 5.89 Å². The van der Waals surface area contributed by atoms with Crippen LogP contribution in [-0.2, 0) is 0 Å². The van der Waals surface area contributed by atoms with Crippen molar-refractivity contribution in [3.63, 3.8) is 0 Å². The van der Waals surface area contributed by atoms with Crippen molar-refractivity contribution in [3.05, 3.63) is 11.7 Å². The van der Waals surface area contributed by atoms with Crippen molar-refractivity contribution >= 4 is 11.8 Å². The van der Waals surface area contributed by atoms with Gasteiger partial charge in [0.1, 0.15) is 6.10 Å². The zero-order chi connectivity index (χ0) is 9.97. The van der Waals surface area contributed by atoms with Crippen LogP contribution in [0.5, 0.6) is 0 Å². The maximum absolute atomic E-state index is 9.25. The van der Waals surface area contributed by atoms with E-state index in [2.05, 4.69) is 10.1 Å². The quantitative estimate of drug-likeness (QED) is 0.812. The molecule has 1 aliphatic heterocycles. The van der Waals surface area contributed by atoms with Gasteiger partial charge in [-0.25, -0.2) is 0 Å². The van der Waals surface area contributed by atoms with Gasteiger partial charge in [0.25, 0.3) is 0 Å². The molecule has 4 nitrogen and oxygen atoms in total. The van der Waals surface area contributed by atoms with Crippen molar-refractivity contribution < 1.29 is 9.63 Å². The molecule has 1 saturated heterocycles. The Labute approximate surface area is 87.1 Å². The first-order valence-electron chi connectivity index (χ1n) is 4.86. The summed E-state index contributed by atoms with van der Waals surface area (Å²) >= 11 is 1.93. The Kier molecular flexibility index (Phi) is 3.08. The summed E-state index contributed by atoms with van der Waals surface area (Å²) in [5.41, 5.74) is 0. The van der Waals surface area contributed by atoms with Crippen molar-refractivity contribution in [2.24, 2.45) is 0 Å². The molecule has 2 rings (SSSR count). The Balaban J connectivity index is 2.07. The van der Waals surface area contributed by atoms with E-state index in [9.17, 15) is 5.11 Å². The second-order valence-electron chi connectivity index (χ2n) is 3.58. The number of aliphatic hydroxyl groups excluding tert-OH is 1. The highest BCUT2D eigenvalue weighted by molar-refractivity contribution is 7.99. The van der Waals surface area contributed by atoms with E-state index in [-0.39, 0.29) is 0 Å². The van der Waals surface area contributed by atoms with Crippen molar-refractivity contribution in [1.82, 2.24) is 10.1 Å². The molecule has 2 unspecified atom stereocenters. The molecule has 0 spiro atoms. The van der Waals surface area contributed by atoms with Gasteiger partial charge in [0, 0.05) is 11.7 Å². The summed E-state index contributed by atoms with van der Waals surface area (Å²) in [7, 11) is 0. The van der Waals surface area contributed by atoms with Gasteiger partial charge in [0.15, 0.2) is 5.82 Å². The van der Waals surface area contributed by atoms with Gasteiger partial charge in [-0.05, 0) is 25.5 Å². The van der Waals surface area contributed by atoms with Gasteiger partial charge in [-0.2, -0.15) is 16.7 Å². The molecule has 1 aromatic rings. The highest BCUT2D eigenvalue weighted by Gasteiger charge is 2.22. The summed E-state index contributed by atoms with van der Waals surface area (Å²) in [5.74, 6) is 3.76. The lowest BCUT2D eigenvalue weighted by Gasteiger charge is -2.16. The first kappa shape index (κ1) is 9.98. The van der Waals surface area contributed by atoms with E-state index in [1.165, 1.54) is 12.2 Å². The summed E-state index contributed by atoms with van der Waals surface area (Å²) < 4.78 is 5.13. The van der Waals surface area contributed by atoms with Crippen LogP contribution >= 0.6 is 11.8 Å². The molecule has 78 valence electrons. The molecule has 1 aromatic heterocycles. The molecule has 1 fully saturated rings. The van der Waals surface area contributed by atoms with Crippen LogP contribution in [0.3, 0.4) is 0 Å². The van der Waals surface area contributed by atoms with Gasteiger partial charge >= 0.3 is 0 Å². The molecule has 0 aromatic carbocycles. The third-order valence-electron chi connectivity index (χ3n) is 2.34. The molecular formula is C9H14N2O2S. The standard InChI is InChI=1S/C9H14N2O2S/c1-6(12)8-10-9(13-11-8)7-3-2-4-14-5-7/h6-7,12H,2-5H2,1H3. The zero-order valence-electron chi connectivity index (χ0n) is 8.14. The zero-order valence-corrected chi connectivity index (χ0v) is 8.96. The summed E-state index contributed by atoms with van der Waals surface area (Å²) in [5, 5.41) is 13.0. The van der Waals surface area contributed by atoms with E-state index in [1.54, 1.807) is 6.92 Å². The van der Waals surface area contributed by atoms with Gasteiger partial charge in [0.05, 0.1) is 0 Å². The van der Waals surface area contributed by atoms with E-state index in [0.29, 0.717) is 17.6 Å². The van der Waals surface area contributed by atoms with Gasteiger partial charge in [-0.1, -0.05) is 5.16 Å². The van der Waals surface area contributed by atoms with Crippen LogP contribution in [0.25, 0.3) is 0 Å². The maximum atomic E-state index is 9.25. The Hall–Kier alpha value is -0.550. The van der Waals surface area contributed by atoms with Crippen LogP contribution in [0.15, 0.2) is 4.52 Å². The second kappa shape index (κ2) is 4.31.